The minimum absolute atomic E-state index is 0.0355. The van der Waals surface area contributed by atoms with Crippen LogP contribution in [0.1, 0.15) is 58.8 Å². The first kappa shape index (κ1) is 24.3. The number of aromatic hydroxyl groups is 1. The number of aromatic nitrogens is 2. The SMILES string of the molecule is Cc1nc2c(s1)C(Nc1c(Nc3ccnc(C(=O)N4CCC(F)(F)C4)c3O)c(=O)c1=O)C(C)(C)CC2. The Kier molecular flexibility index (Phi) is 5.62. The van der Waals surface area contributed by atoms with E-state index in [2.05, 4.69) is 34.4 Å². The van der Waals surface area contributed by atoms with Crippen molar-refractivity contribution in [2.24, 2.45) is 5.41 Å². The molecule has 1 unspecified atom stereocenters. The van der Waals surface area contributed by atoms with Gasteiger partial charge in [-0.1, -0.05) is 13.8 Å². The van der Waals surface area contributed by atoms with Crippen molar-refractivity contribution in [3.8, 4) is 5.75 Å². The average molecular weight is 518 g/mol. The van der Waals surface area contributed by atoms with Crippen molar-refractivity contribution in [3.63, 3.8) is 0 Å². The molecule has 1 aliphatic heterocycles. The lowest BCUT2D eigenvalue weighted by Crippen LogP contribution is -2.41. The van der Waals surface area contributed by atoms with E-state index in [-0.39, 0.29) is 35.1 Å². The predicted molar refractivity (Wildman–Crippen MR) is 131 cm³/mol. The van der Waals surface area contributed by atoms with Crippen molar-refractivity contribution >= 4 is 34.3 Å². The molecule has 3 heterocycles. The number of carbonyl (C=O) groups excluding carboxylic acids is 1. The number of fused-ring (bicyclic) bond motifs is 1. The number of anilines is 3. The van der Waals surface area contributed by atoms with E-state index >= 15 is 0 Å². The third kappa shape index (κ3) is 4.02. The zero-order valence-electron chi connectivity index (χ0n) is 19.9. The Balaban J connectivity index is 1.43. The number of hydrogen-bond donors (Lipinski definition) is 3. The maximum absolute atomic E-state index is 13.6. The summed E-state index contributed by atoms with van der Waals surface area (Å²) in [6.07, 6.45) is 2.42. The molecular weight excluding hydrogens is 492 g/mol. The highest BCUT2D eigenvalue weighted by Crippen LogP contribution is 2.47. The van der Waals surface area contributed by atoms with E-state index in [1.165, 1.54) is 12.3 Å². The molecule has 0 saturated carbocycles. The van der Waals surface area contributed by atoms with E-state index in [1.807, 2.05) is 6.92 Å². The van der Waals surface area contributed by atoms with Gasteiger partial charge in [-0.25, -0.2) is 18.7 Å². The van der Waals surface area contributed by atoms with E-state index in [1.54, 1.807) is 11.3 Å². The number of hydrogen-bond acceptors (Lipinski definition) is 9. The van der Waals surface area contributed by atoms with Crippen LogP contribution in [0.2, 0.25) is 0 Å². The summed E-state index contributed by atoms with van der Waals surface area (Å²) >= 11 is 1.55. The lowest BCUT2D eigenvalue weighted by molar-refractivity contribution is 0.0119. The number of rotatable bonds is 5. The van der Waals surface area contributed by atoms with Gasteiger partial charge in [-0.15, -0.1) is 11.3 Å². The van der Waals surface area contributed by atoms with Crippen LogP contribution in [0, 0.1) is 12.3 Å². The highest BCUT2D eigenvalue weighted by Gasteiger charge is 2.42. The first-order valence-corrected chi connectivity index (χ1v) is 12.4. The Morgan fingerprint density at radius 1 is 1.22 bits per heavy atom. The van der Waals surface area contributed by atoms with Crippen LogP contribution in [0.25, 0.3) is 0 Å². The molecule has 36 heavy (non-hydrogen) atoms. The highest BCUT2D eigenvalue weighted by molar-refractivity contribution is 7.11. The molecule has 1 amide bonds. The molecule has 0 spiro atoms. The summed E-state index contributed by atoms with van der Waals surface area (Å²) in [6, 6.07) is 1.08. The molecule has 1 aliphatic carbocycles. The van der Waals surface area contributed by atoms with Crippen molar-refractivity contribution in [1.82, 2.24) is 14.9 Å². The topological polar surface area (TPSA) is 125 Å². The number of halogens is 2. The fourth-order valence-corrected chi connectivity index (χ4v) is 6.02. The standard InChI is InChI=1S/C24H25F2N5O4S/c1-11-28-13-4-6-23(2,3)21(20(13)36-11)30-15-14(18(33)19(15)34)29-12-5-8-27-16(17(12)32)22(35)31-9-7-24(25,26)10-31/h5,8,21,30,32H,4,6-7,9-10H2,1-3H3,(H,27,29). The van der Waals surface area contributed by atoms with Crippen molar-refractivity contribution in [1.29, 1.82) is 0 Å². The molecule has 1 aromatic carbocycles. The summed E-state index contributed by atoms with van der Waals surface area (Å²) in [4.78, 5) is 48.1. The fourth-order valence-electron chi connectivity index (χ4n) is 4.79. The van der Waals surface area contributed by atoms with Crippen LogP contribution in [-0.4, -0.2) is 44.9 Å². The average Bonchev–Trinajstić information content (AvgIpc) is 3.38. The molecule has 3 aromatic rings. The summed E-state index contributed by atoms with van der Waals surface area (Å²) in [5.74, 6) is -4.42. The Morgan fingerprint density at radius 3 is 2.64 bits per heavy atom. The summed E-state index contributed by atoms with van der Waals surface area (Å²) in [6.45, 7) is 5.16. The quantitative estimate of drug-likeness (QED) is 0.440. The van der Waals surface area contributed by atoms with Crippen molar-refractivity contribution < 1.29 is 18.7 Å². The smallest absolute Gasteiger partial charge is 0.276 e. The number of alkyl halides is 2. The van der Waals surface area contributed by atoms with E-state index < -0.39 is 47.1 Å². The monoisotopic (exact) mass is 517 g/mol. The minimum Gasteiger partial charge on any atom is -0.504 e. The lowest BCUT2D eigenvalue weighted by atomic mass is 9.74. The number of amides is 1. The molecule has 5 rings (SSSR count). The molecule has 1 saturated heterocycles. The Bertz CT molecular complexity index is 1440. The maximum atomic E-state index is 13.6. The van der Waals surface area contributed by atoms with Crippen molar-refractivity contribution in [3.05, 3.63) is 54.0 Å². The van der Waals surface area contributed by atoms with Crippen LogP contribution >= 0.6 is 11.3 Å². The normalized spacial score (nSPS) is 20.4. The number of carbonyl (C=O) groups is 1. The summed E-state index contributed by atoms with van der Waals surface area (Å²) < 4.78 is 27.1. The molecule has 2 aliphatic rings. The van der Waals surface area contributed by atoms with Gasteiger partial charge in [-0.3, -0.25) is 14.4 Å². The molecule has 0 radical (unpaired) electrons. The van der Waals surface area contributed by atoms with Gasteiger partial charge >= 0.3 is 0 Å². The number of aryl methyl sites for hydroxylation is 2. The van der Waals surface area contributed by atoms with Crippen LogP contribution in [0.5, 0.6) is 5.75 Å². The second-order valence-electron chi connectivity index (χ2n) is 10.0. The van der Waals surface area contributed by atoms with Gasteiger partial charge in [0.15, 0.2) is 11.4 Å². The van der Waals surface area contributed by atoms with Gasteiger partial charge in [0.2, 0.25) is 0 Å². The minimum atomic E-state index is -2.99. The largest absolute Gasteiger partial charge is 0.504 e. The molecule has 190 valence electrons. The third-order valence-corrected chi connectivity index (χ3v) is 8.00. The van der Waals surface area contributed by atoms with Crippen LogP contribution < -0.4 is 21.5 Å². The second-order valence-corrected chi connectivity index (χ2v) is 11.3. The molecule has 3 N–H and O–H groups in total. The molecule has 2 aromatic heterocycles. The molecule has 9 nitrogen and oxygen atoms in total. The summed E-state index contributed by atoms with van der Waals surface area (Å²) in [5, 5.41) is 17.6. The lowest BCUT2D eigenvalue weighted by Gasteiger charge is -2.39. The van der Waals surface area contributed by atoms with Gasteiger partial charge in [0.1, 0.15) is 11.4 Å². The number of pyridine rings is 1. The predicted octanol–water partition coefficient (Wildman–Crippen LogP) is 3.50. The Labute approximate surface area is 208 Å². The van der Waals surface area contributed by atoms with Gasteiger partial charge in [-0.2, -0.15) is 0 Å². The zero-order valence-corrected chi connectivity index (χ0v) is 20.8. The Morgan fingerprint density at radius 2 is 1.94 bits per heavy atom. The highest BCUT2D eigenvalue weighted by atomic mass is 32.1. The molecule has 1 fully saturated rings. The van der Waals surface area contributed by atoms with E-state index in [0.717, 1.165) is 33.3 Å². The van der Waals surface area contributed by atoms with Gasteiger partial charge < -0.3 is 20.6 Å². The van der Waals surface area contributed by atoms with Crippen LogP contribution in [0.15, 0.2) is 21.9 Å². The maximum Gasteiger partial charge on any atom is 0.276 e. The van der Waals surface area contributed by atoms with Crippen LogP contribution in [-0.2, 0) is 6.42 Å². The molecule has 0 bridgehead atoms. The van der Waals surface area contributed by atoms with E-state index in [0.29, 0.717) is 0 Å². The van der Waals surface area contributed by atoms with E-state index in [4.69, 9.17) is 0 Å². The van der Waals surface area contributed by atoms with Crippen LogP contribution in [0.4, 0.5) is 25.8 Å². The Hall–Kier alpha value is -3.41. The van der Waals surface area contributed by atoms with Crippen molar-refractivity contribution in [2.45, 2.75) is 52.0 Å². The number of nitrogens with zero attached hydrogens (tertiary/aromatic N) is 3. The van der Waals surface area contributed by atoms with Crippen molar-refractivity contribution in [2.75, 3.05) is 23.7 Å². The van der Waals surface area contributed by atoms with Gasteiger partial charge in [0, 0.05) is 19.2 Å². The first-order valence-electron chi connectivity index (χ1n) is 11.6. The van der Waals surface area contributed by atoms with Gasteiger partial charge in [-0.05, 0) is 31.2 Å². The second kappa shape index (κ2) is 8.32. The molecular formula is C24H25F2N5O4S. The zero-order chi connectivity index (χ0) is 26.0. The number of thiazole rings is 1. The summed E-state index contributed by atoms with van der Waals surface area (Å²) in [7, 11) is 0. The number of likely N-dealkylation sites (tertiary alicyclic amines) is 1. The van der Waals surface area contributed by atoms with Crippen LogP contribution in [0.3, 0.4) is 0 Å². The molecule has 1 atom stereocenters. The first-order chi connectivity index (χ1) is 16.9. The summed E-state index contributed by atoms with van der Waals surface area (Å²) in [5.41, 5.74) is -1.11. The fraction of sp³-hybridized carbons (Fsp3) is 0.458. The number of nitrogens with one attached hydrogen (secondary N) is 2. The third-order valence-electron chi connectivity index (χ3n) is 6.93. The van der Waals surface area contributed by atoms with Gasteiger partial charge in [0.25, 0.3) is 22.7 Å². The van der Waals surface area contributed by atoms with E-state index in [9.17, 15) is 28.3 Å². The molecule has 12 heteroatoms. The van der Waals surface area contributed by atoms with Gasteiger partial charge in [0.05, 0.1) is 33.9 Å².